The van der Waals surface area contributed by atoms with Gasteiger partial charge in [-0.05, 0) is 0 Å². The van der Waals surface area contributed by atoms with E-state index >= 15 is 0 Å². The molecule has 0 nitrogen and oxygen atoms in total. The molecule has 0 aliphatic heterocycles. The first-order valence-electron chi connectivity index (χ1n) is 12.4. The van der Waals surface area contributed by atoms with Crippen LogP contribution in [0.2, 0.25) is 45.3 Å². The number of hydrogen-bond acceptors (Lipinski definition) is 0. The van der Waals surface area contributed by atoms with Crippen molar-refractivity contribution in [1.82, 2.24) is 0 Å². The Morgan fingerprint density at radius 1 is 0.900 bits per heavy atom. The van der Waals surface area contributed by atoms with Gasteiger partial charge in [-0.3, -0.25) is 0 Å². The normalized spacial score (nSPS) is 22.4. The molecule has 1 unspecified atom stereocenters. The van der Waals surface area contributed by atoms with E-state index in [2.05, 4.69) is 100 Å². The summed E-state index contributed by atoms with van der Waals surface area (Å²) in [5.41, 5.74) is 6.32. The molecular weight excluding hydrogens is 428 g/mol. The van der Waals surface area contributed by atoms with Gasteiger partial charge in [-0.1, -0.05) is 0 Å². The van der Waals surface area contributed by atoms with Gasteiger partial charge in [0.15, 0.2) is 0 Å². The summed E-state index contributed by atoms with van der Waals surface area (Å²) in [6.07, 6.45) is 2.65. The number of rotatable bonds is 7. The van der Waals surface area contributed by atoms with E-state index in [9.17, 15) is 0 Å². The van der Waals surface area contributed by atoms with Gasteiger partial charge in [0.2, 0.25) is 0 Å². The Labute approximate surface area is 187 Å². The van der Waals surface area contributed by atoms with Crippen LogP contribution in [-0.2, 0) is 12.0 Å². The number of benzene rings is 1. The van der Waals surface area contributed by atoms with E-state index < -0.39 is 27.5 Å². The molecule has 0 N–H and O–H groups in total. The maximum atomic E-state index is 2.84. The van der Waals surface area contributed by atoms with E-state index in [4.69, 9.17) is 0 Å². The molecule has 1 aromatic rings. The van der Waals surface area contributed by atoms with Crippen LogP contribution in [0.4, 0.5) is 0 Å². The quantitative estimate of drug-likeness (QED) is 0.352. The molecule has 171 valence electrons. The molecule has 0 saturated heterocycles. The summed E-state index contributed by atoms with van der Waals surface area (Å²) >= 11 is -4.01. The maximum absolute atomic E-state index is 4.01. The molecule has 3 heteroatoms. The zero-order valence-corrected chi connectivity index (χ0v) is 26.6. The molecular formula is C27H51Si2Ti. The second kappa shape index (κ2) is 6.69. The molecule has 0 fully saturated rings. The van der Waals surface area contributed by atoms with Crippen LogP contribution in [0.1, 0.15) is 53.0 Å². The third-order valence-electron chi connectivity index (χ3n) is 9.06. The zero-order valence-electron chi connectivity index (χ0n) is 22.6. The van der Waals surface area contributed by atoms with E-state index in [1.54, 1.807) is 27.1 Å². The van der Waals surface area contributed by atoms with Crippen molar-refractivity contribution in [3.63, 3.8) is 0 Å². The third kappa shape index (κ3) is 4.63. The average Bonchev–Trinajstić information content (AvgIpc) is 2.75. The molecule has 2 rings (SSSR count). The predicted molar refractivity (Wildman–Crippen MR) is 146 cm³/mol. The monoisotopic (exact) mass is 479 g/mol. The predicted octanol–water partition coefficient (Wildman–Crippen LogP) is 7.68. The van der Waals surface area contributed by atoms with Crippen LogP contribution in [0.3, 0.4) is 0 Å². The minimum absolute atomic E-state index is 0.526. The van der Waals surface area contributed by atoms with Gasteiger partial charge in [-0.25, -0.2) is 0 Å². The summed E-state index contributed by atoms with van der Waals surface area (Å²) < 4.78 is 3.33. The summed E-state index contributed by atoms with van der Waals surface area (Å²) in [4.78, 5) is 0. The molecule has 0 radical (unpaired) electrons. The van der Waals surface area contributed by atoms with Crippen LogP contribution in [-0.4, -0.2) is 15.5 Å². The molecule has 1 aliphatic carbocycles. The second-order valence-corrected chi connectivity index (χ2v) is 64.2. The van der Waals surface area contributed by atoms with E-state index in [0.29, 0.717) is 5.92 Å². The topological polar surface area (TPSA) is 0 Å². The summed E-state index contributed by atoms with van der Waals surface area (Å²) in [5.74, 6) is 0.608. The van der Waals surface area contributed by atoms with Gasteiger partial charge in [0.1, 0.15) is 0 Å². The number of aryl methyl sites for hydroxylation is 1. The molecule has 1 aliphatic rings. The Kier molecular flexibility index (Phi) is 5.82. The Balaban J connectivity index is 2.85. The van der Waals surface area contributed by atoms with Crippen molar-refractivity contribution in [2.24, 2.45) is 5.92 Å². The van der Waals surface area contributed by atoms with E-state index in [1.165, 1.54) is 23.1 Å². The minimum atomic E-state index is -4.01. The van der Waals surface area contributed by atoms with Crippen molar-refractivity contribution in [2.75, 3.05) is 0 Å². The van der Waals surface area contributed by atoms with Crippen LogP contribution in [0.25, 0.3) is 0 Å². The van der Waals surface area contributed by atoms with Gasteiger partial charge >= 0.3 is 188 Å². The first kappa shape index (κ1) is 26.1. The van der Waals surface area contributed by atoms with Crippen molar-refractivity contribution < 1.29 is 12.0 Å². The molecule has 0 heterocycles. The second-order valence-electron chi connectivity index (χ2n) is 16.2. The number of unbranched alkanes of at least 4 members (excludes halogenated alkanes) is 1. The summed E-state index contributed by atoms with van der Waals surface area (Å²) in [5, 5.41) is 14.8. The average molecular weight is 480 g/mol. The van der Waals surface area contributed by atoms with E-state index in [-0.39, 0.29) is 0 Å². The molecule has 0 bridgehead atoms. The Hall–Kier alpha value is -0.152. The van der Waals surface area contributed by atoms with Gasteiger partial charge < -0.3 is 0 Å². The molecule has 1 aromatic carbocycles. The first-order chi connectivity index (χ1) is 13.2. The standard InChI is InChI=1S/C10H17Si2.C9H13.C4H9.4CH3.Ti/c1-8-5-9(11)7-10(6-8)12(2,3)4;1-6-5-7(2)9(4)8(6)3;1-3-4-2;;;;;/h5-7H,11H2,1-4H3;6H,1-4H3;1,3-4H2,2H3;4*1H3;. The summed E-state index contributed by atoms with van der Waals surface area (Å²) in [6.45, 7) is 21.9. The Morgan fingerprint density at radius 2 is 1.47 bits per heavy atom. The Bertz CT molecular complexity index is 957. The van der Waals surface area contributed by atoms with Gasteiger partial charge in [0.25, 0.3) is 0 Å². The van der Waals surface area contributed by atoms with Crippen LogP contribution in [0.5, 0.6) is 0 Å². The summed E-state index contributed by atoms with van der Waals surface area (Å²) in [6, 6.07) is 7.70. The molecule has 0 aromatic heterocycles. The fourth-order valence-electron chi connectivity index (χ4n) is 7.43. The van der Waals surface area contributed by atoms with E-state index in [1.807, 2.05) is 3.88 Å². The van der Waals surface area contributed by atoms with Crippen molar-refractivity contribution >= 4 is 25.8 Å². The van der Waals surface area contributed by atoms with Gasteiger partial charge in [-0.15, -0.1) is 0 Å². The fourth-order valence-corrected chi connectivity index (χ4v) is 39.5. The van der Waals surface area contributed by atoms with Crippen molar-refractivity contribution in [1.29, 1.82) is 0 Å². The van der Waals surface area contributed by atoms with Crippen LogP contribution in [0, 0.1) is 12.8 Å². The molecule has 0 saturated carbocycles. The zero-order chi connectivity index (χ0) is 23.4. The van der Waals surface area contributed by atoms with Crippen molar-refractivity contribution in [3.8, 4) is 0 Å². The Morgan fingerprint density at radius 3 is 1.90 bits per heavy atom. The fraction of sp³-hybridized carbons (Fsp3) is 0.630. The van der Waals surface area contributed by atoms with Crippen molar-refractivity contribution in [2.45, 2.75) is 99.7 Å². The molecule has 1 atom stereocenters. The van der Waals surface area contributed by atoms with Crippen molar-refractivity contribution in [3.05, 3.63) is 44.4 Å². The van der Waals surface area contributed by atoms with E-state index in [0.717, 1.165) is 0 Å². The first-order valence-corrected chi connectivity index (χ1v) is 28.8. The summed E-state index contributed by atoms with van der Waals surface area (Å²) in [7, 11) is -1.85. The third-order valence-corrected chi connectivity index (χ3v) is 37.7. The van der Waals surface area contributed by atoms with Crippen LogP contribution < -0.4 is 10.4 Å². The van der Waals surface area contributed by atoms with Crippen LogP contribution >= 0.6 is 0 Å². The molecule has 0 amide bonds. The molecule has 30 heavy (non-hydrogen) atoms. The van der Waals surface area contributed by atoms with Gasteiger partial charge in [0, 0.05) is 0 Å². The van der Waals surface area contributed by atoms with Gasteiger partial charge in [0.05, 0.1) is 0 Å². The van der Waals surface area contributed by atoms with Gasteiger partial charge in [-0.2, -0.15) is 0 Å². The molecule has 0 spiro atoms. The number of hydrogen-bond donors (Lipinski definition) is 0. The van der Waals surface area contributed by atoms with Crippen LogP contribution in [0.15, 0.2) is 38.8 Å². The SMILES string of the molecule is CCC[CH2][Ti]([CH3])([CH3])([CH3])([CH3])([SiH2]c1cc(C)cc([Si](C)(C)C)c1)[C]1=C(C)C(C)=C(C)C1C. The number of allylic oxidation sites excluding steroid dienone is 4.